The molecule has 0 aromatic heterocycles. The second-order valence-corrected chi connectivity index (χ2v) is 14.1. The number of hydrogen-bond donors (Lipinski definition) is 1. The molecule has 0 spiro atoms. The van der Waals surface area contributed by atoms with Crippen molar-refractivity contribution in [2.45, 2.75) is 121 Å². The van der Waals surface area contributed by atoms with Crippen molar-refractivity contribution < 1.29 is 18.3 Å². The number of benzene rings is 2. The van der Waals surface area contributed by atoms with Gasteiger partial charge in [0.25, 0.3) is 0 Å². The van der Waals surface area contributed by atoms with Crippen LogP contribution in [0.3, 0.4) is 0 Å². The Labute approximate surface area is 236 Å². The van der Waals surface area contributed by atoms with E-state index in [1.165, 1.54) is 48.6 Å². The molecule has 39 heavy (non-hydrogen) atoms. The Kier molecular flexibility index (Phi) is 10.7. The fourth-order valence-electron chi connectivity index (χ4n) is 6.35. The lowest BCUT2D eigenvalue weighted by atomic mass is 9.80. The van der Waals surface area contributed by atoms with Gasteiger partial charge in [0, 0.05) is 11.0 Å². The van der Waals surface area contributed by atoms with E-state index in [4.69, 9.17) is 4.74 Å². The van der Waals surface area contributed by atoms with Crippen molar-refractivity contribution in [1.82, 2.24) is 0 Å². The van der Waals surface area contributed by atoms with Crippen LogP contribution in [0, 0.1) is 18.8 Å². The van der Waals surface area contributed by atoms with Crippen LogP contribution in [0.15, 0.2) is 58.3 Å². The fourth-order valence-corrected chi connectivity index (χ4v) is 7.66. The molecule has 0 radical (unpaired) electrons. The van der Waals surface area contributed by atoms with Gasteiger partial charge in [0.05, 0.1) is 17.1 Å². The number of sulfone groups is 1. The zero-order valence-electron chi connectivity index (χ0n) is 24.2. The third kappa shape index (κ3) is 8.94. The van der Waals surface area contributed by atoms with Crippen molar-refractivity contribution >= 4 is 9.84 Å². The van der Waals surface area contributed by atoms with Crippen molar-refractivity contribution in [2.75, 3.05) is 0 Å². The van der Waals surface area contributed by atoms with E-state index in [-0.39, 0.29) is 11.0 Å². The second kappa shape index (κ2) is 14.0. The molecule has 2 aromatic rings. The molecule has 2 aliphatic carbocycles. The summed E-state index contributed by atoms with van der Waals surface area (Å²) in [5, 5.41) is 12.8. The smallest absolute Gasteiger partial charge is 0.199 e. The second-order valence-electron chi connectivity index (χ2n) is 12.3. The average Bonchev–Trinajstić information content (AvgIpc) is 3.39. The minimum atomic E-state index is -3.57. The lowest BCUT2D eigenvalue weighted by Crippen LogP contribution is -2.16. The Hall–Kier alpha value is -2.11. The van der Waals surface area contributed by atoms with E-state index in [1.807, 2.05) is 0 Å². The maximum Gasteiger partial charge on any atom is 0.199 e. The quantitative estimate of drug-likeness (QED) is 0.320. The summed E-state index contributed by atoms with van der Waals surface area (Å²) in [6, 6.07) is 14.0. The SMILES string of the molecule is CC(C)=CS(=O)(=O)c1ccc(OC2CCCC2)c(C(O)CC2CCCCC(CCc3ccc(C)cc3)CC2)c1. The first-order valence-corrected chi connectivity index (χ1v) is 16.7. The highest BCUT2D eigenvalue weighted by atomic mass is 32.2. The lowest BCUT2D eigenvalue weighted by Gasteiger charge is -2.27. The molecule has 0 bridgehead atoms. The molecule has 5 heteroatoms. The van der Waals surface area contributed by atoms with Crippen LogP contribution >= 0.6 is 0 Å². The molecular formula is C34H48O4S. The van der Waals surface area contributed by atoms with Crippen molar-refractivity contribution in [2.24, 2.45) is 11.8 Å². The molecule has 3 unspecified atom stereocenters. The van der Waals surface area contributed by atoms with Crippen LogP contribution in [0.2, 0.25) is 0 Å². The van der Waals surface area contributed by atoms with E-state index in [2.05, 4.69) is 31.2 Å². The van der Waals surface area contributed by atoms with Gasteiger partial charge in [-0.15, -0.1) is 0 Å². The molecule has 4 rings (SSSR count). The Bertz CT molecular complexity index is 1190. The maximum absolute atomic E-state index is 13.0. The molecule has 1 N–H and O–H groups in total. The molecule has 2 fully saturated rings. The third-order valence-corrected chi connectivity index (χ3v) is 10.3. The van der Waals surface area contributed by atoms with E-state index in [0.29, 0.717) is 23.7 Å². The number of rotatable bonds is 10. The highest BCUT2D eigenvalue weighted by Gasteiger charge is 2.26. The molecule has 2 saturated carbocycles. The van der Waals surface area contributed by atoms with Gasteiger partial charge < -0.3 is 9.84 Å². The van der Waals surface area contributed by atoms with Gasteiger partial charge in [0.1, 0.15) is 5.75 Å². The van der Waals surface area contributed by atoms with Gasteiger partial charge >= 0.3 is 0 Å². The van der Waals surface area contributed by atoms with Gasteiger partial charge in [-0.25, -0.2) is 8.42 Å². The molecular weight excluding hydrogens is 504 g/mol. The summed E-state index contributed by atoms with van der Waals surface area (Å²) in [6.07, 6.45) is 13.9. The predicted molar refractivity (Wildman–Crippen MR) is 160 cm³/mol. The standard InChI is InChI=1S/C34H48O4S/c1-25(2)24-39(36,37)31-20-21-34(38-30-10-6-7-11-30)32(23-31)33(35)22-29-9-5-4-8-27(18-19-29)16-17-28-14-12-26(3)13-15-28/h12-15,20-21,23-24,27,29-30,33,35H,4-11,16-19,22H2,1-3H3. The minimum Gasteiger partial charge on any atom is -0.490 e. The Morgan fingerprint density at radius 3 is 2.26 bits per heavy atom. The summed E-state index contributed by atoms with van der Waals surface area (Å²) < 4.78 is 32.3. The van der Waals surface area contributed by atoms with Crippen LogP contribution < -0.4 is 4.74 Å². The first-order chi connectivity index (χ1) is 18.7. The van der Waals surface area contributed by atoms with Gasteiger partial charge in [-0.05, 0) is 101 Å². The molecule has 2 aliphatic rings. The van der Waals surface area contributed by atoms with Gasteiger partial charge in [-0.1, -0.05) is 73.9 Å². The van der Waals surface area contributed by atoms with E-state index in [1.54, 1.807) is 32.0 Å². The molecule has 4 nitrogen and oxygen atoms in total. The number of ether oxygens (including phenoxy) is 1. The third-order valence-electron chi connectivity index (χ3n) is 8.63. The molecule has 0 saturated heterocycles. The zero-order valence-corrected chi connectivity index (χ0v) is 25.0. The van der Waals surface area contributed by atoms with E-state index in [9.17, 15) is 13.5 Å². The highest BCUT2D eigenvalue weighted by Crippen LogP contribution is 2.38. The number of hydrogen-bond acceptors (Lipinski definition) is 4. The first-order valence-electron chi connectivity index (χ1n) is 15.1. The van der Waals surface area contributed by atoms with Crippen LogP contribution in [0.1, 0.15) is 114 Å². The molecule has 0 heterocycles. The Morgan fingerprint density at radius 1 is 0.923 bits per heavy atom. The number of aliphatic hydroxyl groups is 1. The van der Waals surface area contributed by atoms with E-state index < -0.39 is 15.9 Å². The summed E-state index contributed by atoms with van der Waals surface area (Å²) in [5.41, 5.74) is 4.09. The van der Waals surface area contributed by atoms with Crippen LogP contribution in [-0.2, 0) is 16.3 Å². The van der Waals surface area contributed by atoms with E-state index in [0.717, 1.165) is 56.4 Å². The summed E-state index contributed by atoms with van der Waals surface area (Å²) in [7, 11) is -3.57. The first kappa shape index (κ1) is 29.9. The lowest BCUT2D eigenvalue weighted by molar-refractivity contribution is 0.122. The highest BCUT2D eigenvalue weighted by molar-refractivity contribution is 7.94. The average molecular weight is 553 g/mol. The van der Waals surface area contributed by atoms with E-state index >= 15 is 0 Å². The zero-order chi connectivity index (χ0) is 27.8. The van der Waals surface area contributed by atoms with Crippen molar-refractivity contribution in [1.29, 1.82) is 0 Å². The minimum absolute atomic E-state index is 0.145. The molecule has 3 atom stereocenters. The topological polar surface area (TPSA) is 63.6 Å². The Balaban J connectivity index is 1.44. The number of aryl methyl sites for hydroxylation is 2. The molecule has 0 aliphatic heterocycles. The molecule has 0 amide bonds. The van der Waals surface area contributed by atoms with Crippen molar-refractivity contribution in [3.8, 4) is 5.75 Å². The van der Waals surface area contributed by atoms with Crippen LogP contribution in [-0.4, -0.2) is 19.6 Å². The van der Waals surface area contributed by atoms with Gasteiger partial charge in [-0.2, -0.15) is 0 Å². The summed E-state index contributed by atoms with van der Waals surface area (Å²) in [6.45, 7) is 5.70. The predicted octanol–water partition coefficient (Wildman–Crippen LogP) is 8.66. The normalized spacial score (nSPS) is 21.6. The van der Waals surface area contributed by atoms with Gasteiger partial charge in [0.2, 0.25) is 0 Å². The monoisotopic (exact) mass is 552 g/mol. The summed E-state index contributed by atoms with van der Waals surface area (Å²) in [5.74, 6) is 1.80. The van der Waals surface area contributed by atoms with Crippen LogP contribution in [0.25, 0.3) is 0 Å². The largest absolute Gasteiger partial charge is 0.490 e. The molecule has 2 aromatic carbocycles. The van der Waals surface area contributed by atoms with Crippen molar-refractivity contribution in [3.63, 3.8) is 0 Å². The number of aliphatic hydroxyl groups excluding tert-OH is 1. The Morgan fingerprint density at radius 2 is 1.56 bits per heavy atom. The maximum atomic E-state index is 13.0. The van der Waals surface area contributed by atoms with Crippen LogP contribution in [0.5, 0.6) is 5.75 Å². The summed E-state index contributed by atoms with van der Waals surface area (Å²) >= 11 is 0. The summed E-state index contributed by atoms with van der Waals surface area (Å²) in [4.78, 5) is 0.227. The van der Waals surface area contributed by atoms with Crippen LogP contribution in [0.4, 0.5) is 0 Å². The molecule has 214 valence electrons. The van der Waals surface area contributed by atoms with Crippen molar-refractivity contribution in [3.05, 3.63) is 70.1 Å². The fraction of sp³-hybridized carbons (Fsp3) is 0.588. The van der Waals surface area contributed by atoms with Gasteiger partial charge in [0.15, 0.2) is 9.84 Å². The number of allylic oxidation sites excluding steroid dienone is 1. The van der Waals surface area contributed by atoms with Gasteiger partial charge in [-0.3, -0.25) is 0 Å².